The van der Waals surface area contributed by atoms with Crippen molar-refractivity contribution < 1.29 is 52.4 Å². The minimum atomic E-state index is -0.754. The fraction of sp³-hybridized carbons (Fsp3) is 0.147. The average Bonchev–Trinajstić information content (AvgIpc) is 3.04. The Labute approximate surface area is 259 Å². The first-order valence-electron chi connectivity index (χ1n) is 13.4. The van der Waals surface area contributed by atoms with E-state index in [-0.39, 0.29) is 59.9 Å². The van der Waals surface area contributed by atoms with Crippen molar-refractivity contribution in [2.75, 3.05) is 13.6 Å². The first-order valence-corrected chi connectivity index (χ1v) is 13.4. The molecule has 3 aromatic rings. The lowest BCUT2D eigenvalue weighted by molar-refractivity contribution is -0.145. The normalized spacial score (nSPS) is 10.8. The van der Waals surface area contributed by atoms with Crippen LogP contribution < -0.4 is 18.9 Å². The molecule has 0 spiro atoms. The molecule has 3 aromatic carbocycles. The number of Topliss-reactive ketones (excluding diaryl/α,β-unsaturated/α-hetero) is 1. The third-order valence-corrected chi connectivity index (χ3v) is 5.90. The first kappa shape index (κ1) is 33.5. The fourth-order valence-electron chi connectivity index (χ4n) is 3.48. The molecule has 0 aliphatic rings. The highest BCUT2D eigenvalue weighted by molar-refractivity contribution is 5.98. The molecule has 1 unspecified atom stereocenters. The molecule has 0 amide bonds. The number of carbonyl (C=O) groups is 5. The van der Waals surface area contributed by atoms with Crippen molar-refractivity contribution in [1.82, 2.24) is 0 Å². The van der Waals surface area contributed by atoms with Gasteiger partial charge in [-0.25, -0.2) is 19.2 Å². The van der Waals surface area contributed by atoms with Crippen molar-refractivity contribution in [3.63, 3.8) is 0 Å². The highest BCUT2D eigenvalue weighted by Crippen LogP contribution is 2.27. The number of carbonyl (C=O) groups excluding carboxylic acids is 5. The van der Waals surface area contributed by atoms with E-state index in [4.69, 9.17) is 28.4 Å². The van der Waals surface area contributed by atoms with E-state index in [0.717, 1.165) is 12.2 Å². The van der Waals surface area contributed by atoms with Crippen LogP contribution in [0.3, 0.4) is 0 Å². The molecule has 0 bridgehead atoms. The van der Waals surface area contributed by atoms with Crippen molar-refractivity contribution in [2.45, 2.75) is 13.3 Å². The van der Waals surface area contributed by atoms with Crippen LogP contribution in [0.1, 0.15) is 44.4 Å². The molecule has 0 heterocycles. The topological polar surface area (TPSA) is 141 Å². The molecular formula is C34H30O11. The Bertz CT molecular complexity index is 1470. The number of benzene rings is 3. The fourth-order valence-corrected chi connectivity index (χ4v) is 3.48. The van der Waals surface area contributed by atoms with E-state index in [1.54, 1.807) is 6.08 Å². The first-order chi connectivity index (χ1) is 21.6. The molecule has 1 atom stereocenters. The maximum Gasteiger partial charge on any atom is 0.343 e. The molecule has 3 rings (SSSR count). The second kappa shape index (κ2) is 16.6. The van der Waals surface area contributed by atoms with Gasteiger partial charge in [0.1, 0.15) is 23.0 Å². The van der Waals surface area contributed by atoms with Gasteiger partial charge in [-0.2, -0.15) is 0 Å². The minimum absolute atomic E-state index is 0.0330. The van der Waals surface area contributed by atoms with Gasteiger partial charge in [0.25, 0.3) is 0 Å². The lowest BCUT2D eigenvalue weighted by atomic mass is 9.99. The molecule has 0 saturated carbocycles. The Morgan fingerprint density at radius 3 is 1.42 bits per heavy atom. The SMILES string of the molecule is C=CC(=O)OCOc1ccc(C(=O)Oc2cc(OC(=O)c3ccc(OCOC(=O)C=C)cc3)cc(C(=O)CC(C)C=C)c2)cc1. The molecule has 0 aliphatic carbocycles. The van der Waals surface area contributed by atoms with E-state index in [0.29, 0.717) is 11.5 Å². The van der Waals surface area contributed by atoms with Crippen LogP contribution in [-0.4, -0.2) is 43.2 Å². The van der Waals surface area contributed by atoms with Gasteiger partial charge in [-0.3, -0.25) is 4.79 Å². The molecule has 45 heavy (non-hydrogen) atoms. The number of esters is 4. The molecule has 0 aromatic heterocycles. The number of hydrogen-bond donors (Lipinski definition) is 0. The Hall–Kier alpha value is -5.97. The number of allylic oxidation sites excluding steroid dienone is 1. The lowest BCUT2D eigenvalue weighted by Gasteiger charge is -2.12. The zero-order chi connectivity index (χ0) is 32.8. The molecule has 11 nitrogen and oxygen atoms in total. The summed E-state index contributed by atoms with van der Waals surface area (Å²) >= 11 is 0. The standard InChI is InChI=1S/C34H30O11/c1-5-22(4)16-30(35)25-17-28(44-33(38)23-8-12-26(13-9-23)40-20-42-31(36)6-2)19-29(18-25)45-34(39)24-10-14-27(15-11-24)41-21-43-32(37)7-3/h5-15,17-19,22H,1-3,16,20-21H2,4H3. The van der Waals surface area contributed by atoms with E-state index >= 15 is 0 Å². The van der Waals surface area contributed by atoms with Gasteiger partial charge in [-0.05, 0) is 66.6 Å². The summed E-state index contributed by atoms with van der Waals surface area (Å²) in [4.78, 5) is 61.0. The molecule has 0 N–H and O–H groups in total. The van der Waals surface area contributed by atoms with Crippen LogP contribution >= 0.6 is 0 Å². The third kappa shape index (κ3) is 10.7. The summed E-state index contributed by atoms with van der Waals surface area (Å²) in [6.45, 7) is 11.4. The van der Waals surface area contributed by atoms with E-state index in [2.05, 4.69) is 19.7 Å². The quantitative estimate of drug-likeness (QED) is 0.0493. The van der Waals surface area contributed by atoms with Crippen LogP contribution in [0, 0.1) is 5.92 Å². The second-order valence-electron chi connectivity index (χ2n) is 9.22. The Morgan fingerprint density at radius 2 is 1.04 bits per heavy atom. The van der Waals surface area contributed by atoms with Gasteiger partial charge >= 0.3 is 23.9 Å². The summed E-state index contributed by atoms with van der Waals surface area (Å²) in [6.07, 6.45) is 3.76. The largest absolute Gasteiger partial charge is 0.457 e. The second-order valence-corrected chi connectivity index (χ2v) is 9.22. The Morgan fingerprint density at radius 1 is 0.622 bits per heavy atom. The van der Waals surface area contributed by atoms with Gasteiger partial charge in [0.2, 0.25) is 13.6 Å². The van der Waals surface area contributed by atoms with E-state index in [1.807, 2.05) is 6.92 Å². The monoisotopic (exact) mass is 614 g/mol. The zero-order valence-corrected chi connectivity index (χ0v) is 24.4. The third-order valence-electron chi connectivity index (χ3n) is 5.90. The molecule has 0 saturated heterocycles. The molecule has 11 heteroatoms. The van der Waals surface area contributed by atoms with Gasteiger partial charge < -0.3 is 28.4 Å². The van der Waals surface area contributed by atoms with Crippen molar-refractivity contribution in [3.8, 4) is 23.0 Å². The number of hydrogen-bond acceptors (Lipinski definition) is 11. The molecule has 0 radical (unpaired) electrons. The van der Waals surface area contributed by atoms with Crippen LogP contribution in [-0.2, 0) is 19.1 Å². The van der Waals surface area contributed by atoms with Crippen molar-refractivity contribution in [1.29, 1.82) is 0 Å². The van der Waals surface area contributed by atoms with Crippen LogP contribution in [0.25, 0.3) is 0 Å². The van der Waals surface area contributed by atoms with Crippen LogP contribution in [0.4, 0.5) is 0 Å². The van der Waals surface area contributed by atoms with E-state index in [9.17, 15) is 24.0 Å². The predicted molar refractivity (Wildman–Crippen MR) is 161 cm³/mol. The van der Waals surface area contributed by atoms with Crippen molar-refractivity contribution in [3.05, 3.63) is 121 Å². The van der Waals surface area contributed by atoms with Gasteiger partial charge in [0, 0.05) is 30.2 Å². The van der Waals surface area contributed by atoms with Gasteiger partial charge in [0.15, 0.2) is 5.78 Å². The summed E-state index contributed by atoms with van der Waals surface area (Å²) in [6, 6.07) is 15.7. The smallest absolute Gasteiger partial charge is 0.343 e. The van der Waals surface area contributed by atoms with Crippen molar-refractivity contribution >= 4 is 29.7 Å². The minimum Gasteiger partial charge on any atom is -0.457 e. The highest BCUT2D eigenvalue weighted by Gasteiger charge is 2.18. The predicted octanol–water partition coefficient (Wildman–Crippen LogP) is 5.65. The van der Waals surface area contributed by atoms with Crippen LogP contribution in [0.5, 0.6) is 23.0 Å². The Kier molecular flexibility index (Phi) is 12.4. The summed E-state index contributed by atoms with van der Waals surface area (Å²) < 4.78 is 31.1. The van der Waals surface area contributed by atoms with Gasteiger partial charge in [-0.1, -0.05) is 26.2 Å². The number of ether oxygens (including phenoxy) is 6. The lowest BCUT2D eigenvalue weighted by Crippen LogP contribution is -2.12. The van der Waals surface area contributed by atoms with E-state index in [1.165, 1.54) is 66.7 Å². The summed E-state index contributed by atoms with van der Waals surface area (Å²) in [5.41, 5.74) is 0.470. The molecule has 232 valence electrons. The molecular weight excluding hydrogens is 584 g/mol. The van der Waals surface area contributed by atoms with E-state index < -0.39 is 23.9 Å². The van der Waals surface area contributed by atoms with Gasteiger partial charge in [-0.15, -0.1) is 6.58 Å². The summed E-state index contributed by atoms with van der Waals surface area (Å²) in [7, 11) is 0. The van der Waals surface area contributed by atoms with Crippen molar-refractivity contribution in [2.24, 2.45) is 5.92 Å². The van der Waals surface area contributed by atoms with Crippen LogP contribution in [0.15, 0.2) is 105 Å². The zero-order valence-electron chi connectivity index (χ0n) is 24.4. The van der Waals surface area contributed by atoms with Crippen LogP contribution in [0.2, 0.25) is 0 Å². The summed E-state index contributed by atoms with van der Waals surface area (Å²) in [5.74, 6) is -2.61. The molecule has 0 fully saturated rings. The summed E-state index contributed by atoms with van der Waals surface area (Å²) in [5, 5.41) is 0. The number of ketones is 1. The highest BCUT2D eigenvalue weighted by atomic mass is 16.7. The number of rotatable bonds is 16. The maximum absolute atomic E-state index is 13.0. The van der Waals surface area contributed by atoms with Gasteiger partial charge in [0.05, 0.1) is 11.1 Å². The maximum atomic E-state index is 13.0. The average molecular weight is 615 g/mol. The molecule has 0 aliphatic heterocycles. The Balaban J connectivity index is 1.74.